The average molecular weight is 416 g/mol. The second kappa shape index (κ2) is 10.3. The van der Waals surface area contributed by atoms with E-state index in [1.165, 1.54) is 64.0 Å². The molecule has 2 aliphatic heterocycles. The van der Waals surface area contributed by atoms with Gasteiger partial charge in [0.1, 0.15) is 5.75 Å². The Labute approximate surface area is 170 Å². The fraction of sp³-hybridized carbons (Fsp3) is 0.667. The lowest BCUT2D eigenvalue weighted by Gasteiger charge is -2.40. The fourth-order valence-corrected chi connectivity index (χ4v) is 4.34. The van der Waals surface area contributed by atoms with Crippen molar-refractivity contribution in [3.8, 4) is 5.75 Å². The Morgan fingerprint density at radius 1 is 1.21 bits per heavy atom. The van der Waals surface area contributed by atoms with Gasteiger partial charge in [-0.15, -0.1) is 0 Å². The number of piperidine rings is 1. The SMILES string of the molecule is CCCN1CCC2(CCCN(Cc3cccc(OC)c3)C2)C1.O=C(O)C(F)(F)F. The molecule has 0 saturated carbocycles. The van der Waals surface area contributed by atoms with Crippen LogP contribution in [-0.2, 0) is 11.3 Å². The van der Waals surface area contributed by atoms with E-state index >= 15 is 0 Å². The Balaban J connectivity index is 0.000000370. The maximum atomic E-state index is 10.6. The molecule has 1 aromatic carbocycles. The van der Waals surface area contributed by atoms with Crippen molar-refractivity contribution in [1.82, 2.24) is 9.80 Å². The molecule has 3 rings (SSSR count). The molecule has 0 radical (unpaired) electrons. The van der Waals surface area contributed by atoms with Gasteiger partial charge in [0.25, 0.3) is 0 Å². The fourth-order valence-electron chi connectivity index (χ4n) is 4.34. The number of aliphatic carboxylic acids is 1. The van der Waals surface area contributed by atoms with Gasteiger partial charge in [-0.1, -0.05) is 19.1 Å². The van der Waals surface area contributed by atoms with Gasteiger partial charge in [-0.2, -0.15) is 13.2 Å². The summed E-state index contributed by atoms with van der Waals surface area (Å²) < 4.78 is 37.1. The molecule has 1 atom stereocenters. The van der Waals surface area contributed by atoms with Crippen LogP contribution in [0.2, 0.25) is 0 Å². The first-order valence-electron chi connectivity index (χ1n) is 10.1. The Kier molecular flexibility index (Phi) is 8.34. The van der Waals surface area contributed by atoms with E-state index in [4.69, 9.17) is 14.6 Å². The van der Waals surface area contributed by atoms with Crippen molar-refractivity contribution in [3.05, 3.63) is 29.8 Å². The Morgan fingerprint density at radius 3 is 2.52 bits per heavy atom. The quantitative estimate of drug-likeness (QED) is 0.786. The lowest BCUT2D eigenvalue weighted by Crippen LogP contribution is -2.44. The standard InChI is InChI=1S/C19H30N2O.C2HF3O2/c1-3-10-20-12-9-19(15-20)8-5-11-21(16-19)14-17-6-4-7-18(13-17)22-2;3-2(4,5)1(6)7/h4,6-7,13H,3,5,8-12,14-16H2,1-2H3;(H,6,7). The zero-order valence-corrected chi connectivity index (χ0v) is 17.2. The normalized spacial score (nSPS) is 22.9. The monoisotopic (exact) mass is 416 g/mol. The maximum absolute atomic E-state index is 10.6. The molecule has 0 aliphatic carbocycles. The van der Waals surface area contributed by atoms with Gasteiger partial charge in [-0.3, -0.25) is 4.90 Å². The third-order valence-corrected chi connectivity index (χ3v) is 5.58. The molecule has 1 N–H and O–H groups in total. The molecule has 2 fully saturated rings. The van der Waals surface area contributed by atoms with Crippen molar-refractivity contribution in [2.24, 2.45) is 5.41 Å². The minimum atomic E-state index is -5.08. The van der Waals surface area contributed by atoms with Crippen LogP contribution >= 0.6 is 0 Å². The van der Waals surface area contributed by atoms with Crippen molar-refractivity contribution in [2.75, 3.05) is 39.8 Å². The van der Waals surface area contributed by atoms with E-state index in [1.807, 2.05) is 6.07 Å². The van der Waals surface area contributed by atoms with Crippen molar-refractivity contribution >= 4 is 5.97 Å². The number of likely N-dealkylation sites (tertiary alicyclic amines) is 2. The third kappa shape index (κ3) is 7.19. The van der Waals surface area contributed by atoms with Gasteiger partial charge in [0.15, 0.2) is 0 Å². The lowest BCUT2D eigenvalue weighted by molar-refractivity contribution is -0.192. The molecule has 8 heteroatoms. The van der Waals surface area contributed by atoms with E-state index in [0.29, 0.717) is 5.41 Å². The highest BCUT2D eigenvalue weighted by Gasteiger charge is 2.41. The predicted molar refractivity (Wildman–Crippen MR) is 105 cm³/mol. The number of methoxy groups -OCH3 is 1. The molecule has 2 aliphatic rings. The first-order valence-corrected chi connectivity index (χ1v) is 10.1. The number of carboxylic acid groups (broad SMARTS) is 1. The molecule has 5 nitrogen and oxygen atoms in total. The van der Waals surface area contributed by atoms with Crippen molar-refractivity contribution in [2.45, 2.75) is 45.3 Å². The van der Waals surface area contributed by atoms with Gasteiger partial charge in [0.2, 0.25) is 0 Å². The van der Waals surface area contributed by atoms with E-state index in [-0.39, 0.29) is 0 Å². The van der Waals surface area contributed by atoms with Gasteiger partial charge in [-0.25, -0.2) is 4.79 Å². The largest absolute Gasteiger partial charge is 0.497 e. The summed E-state index contributed by atoms with van der Waals surface area (Å²) in [6, 6.07) is 8.54. The van der Waals surface area contributed by atoms with E-state index in [2.05, 4.69) is 34.9 Å². The highest BCUT2D eigenvalue weighted by atomic mass is 19.4. The zero-order chi connectivity index (χ0) is 21.5. The summed E-state index contributed by atoms with van der Waals surface area (Å²) >= 11 is 0. The first kappa shape index (κ1) is 23.5. The highest BCUT2D eigenvalue weighted by Crippen LogP contribution is 2.39. The van der Waals surface area contributed by atoms with E-state index in [1.54, 1.807) is 7.11 Å². The maximum Gasteiger partial charge on any atom is 0.490 e. The molecule has 29 heavy (non-hydrogen) atoms. The average Bonchev–Trinajstić information content (AvgIpc) is 3.03. The molecule has 2 saturated heterocycles. The second-order valence-electron chi connectivity index (χ2n) is 7.99. The van der Waals surface area contributed by atoms with E-state index < -0.39 is 12.1 Å². The van der Waals surface area contributed by atoms with E-state index in [0.717, 1.165) is 12.3 Å². The molecule has 0 aromatic heterocycles. The minimum absolute atomic E-state index is 0.562. The van der Waals surface area contributed by atoms with Gasteiger partial charge < -0.3 is 14.7 Å². The predicted octanol–water partition coefficient (Wildman–Crippen LogP) is 4.03. The van der Waals surface area contributed by atoms with Gasteiger partial charge in [0, 0.05) is 19.6 Å². The smallest absolute Gasteiger partial charge is 0.490 e. The number of hydrogen-bond donors (Lipinski definition) is 1. The van der Waals surface area contributed by atoms with Gasteiger partial charge >= 0.3 is 12.1 Å². The minimum Gasteiger partial charge on any atom is -0.497 e. The number of carboxylic acids is 1. The molecular formula is C21H31F3N2O3. The summed E-state index contributed by atoms with van der Waals surface area (Å²) in [5.74, 6) is -1.79. The first-order chi connectivity index (χ1) is 13.7. The van der Waals surface area contributed by atoms with Crippen LogP contribution in [0, 0.1) is 5.41 Å². The van der Waals surface area contributed by atoms with Crippen LogP contribution < -0.4 is 4.74 Å². The van der Waals surface area contributed by atoms with Crippen LogP contribution in [-0.4, -0.2) is 66.9 Å². The van der Waals surface area contributed by atoms with Crippen LogP contribution in [0.1, 0.15) is 38.2 Å². The number of alkyl halides is 3. The van der Waals surface area contributed by atoms with Crippen LogP contribution in [0.15, 0.2) is 24.3 Å². The summed E-state index contributed by atoms with van der Waals surface area (Å²) in [4.78, 5) is 14.2. The lowest BCUT2D eigenvalue weighted by atomic mass is 9.79. The number of benzene rings is 1. The Morgan fingerprint density at radius 2 is 1.90 bits per heavy atom. The summed E-state index contributed by atoms with van der Waals surface area (Å²) in [5.41, 5.74) is 1.94. The van der Waals surface area contributed by atoms with Crippen LogP contribution in [0.25, 0.3) is 0 Å². The van der Waals surface area contributed by atoms with Crippen molar-refractivity contribution < 1.29 is 27.8 Å². The van der Waals surface area contributed by atoms with Gasteiger partial charge in [-0.05, 0) is 68.4 Å². The zero-order valence-electron chi connectivity index (χ0n) is 17.2. The summed E-state index contributed by atoms with van der Waals surface area (Å²) in [6.45, 7) is 9.76. The molecule has 0 bridgehead atoms. The number of carbonyl (C=O) groups is 1. The number of rotatable bonds is 5. The summed E-state index contributed by atoms with van der Waals surface area (Å²) in [7, 11) is 1.75. The molecule has 1 unspecified atom stereocenters. The second-order valence-corrected chi connectivity index (χ2v) is 7.99. The number of nitrogens with zero attached hydrogens (tertiary/aromatic N) is 2. The van der Waals surface area contributed by atoms with Crippen molar-refractivity contribution in [3.63, 3.8) is 0 Å². The molecule has 2 heterocycles. The molecule has 1 aromatic rings. The molecular weight excluding hydrogens is 385 g/mol. The van der Waals surface area contributed by atoms with Crippen LogP contribution in [0.5, 0.6) is 5.75 Å². The van der Waals surface area contributed by atoms with Crippen LogP contribution in [0.3, 0.4) is 0 Å². The molecule has 0 amide bonds. The van der Waals surface area contributed by atoms with Crippen molar-refractivity contribution in [1.29, 1.82) is 0 Å². The topological polar surface area (TPSA) is 53.0 Å². The van der Waals surface area contributed by atoms with Crippen LogP contribution in [0.4, 0.5) is 13.2 Å². The molecule has 164 valence electrons. The molecule has 1 spiro atoms. The number of halogens is 3. The summed E-state index contributed by atoms with van der Waals surface area (Å²) in [5, 5.41) is 7.12. The third-order valence-electron chi connectivity index (χ3n) is 5.58. The van der Waals surface area contributed by atoms with E-state index in [9.17, 15) is 13.2 Å². The Bertz CT molecular complexity index is 669. The summed E-state index contributed by atoms with van der Waals surface area (Å²) in [6.07, 6.45) is 0.358. The number of hydrogen-bond acceptors (Lipinski definition) is 4. The Hall–Kier alpha value is -1.80. The highest BCUT2D eigenvalue weighted by molar-refractivity contribution is 5.73. The van der Waals surface area contributed by atoms with Gasteiger partial charge in [0.05, 0.1) is 7.11 Å². The number of ether oxygens (including phenoxy) is 1.